The lowest BCUT2D eigenvalue weighted by atomic mass is 10.0. The standard InChI is InChI=1S/C27H27N3O5/c1-34-23-14-13-21(17-24(23)35-2)26(32)30-16-15-29(18-22(30)19-9-5-3-6-10-19)27(33)28-25(31)20-11-7-4-8-12-20/h3-14,17,22H,15-16,18H2,1-2H3,(H,28,31,33). The Morgan fingerprint density at radius 3 is 2.11 bits per heavy atom. The number of amides is 4. The molecule has 1 aliphatic heterocycles. The van der Waals surface area contributed by atoms with Crippen LogP contribution in [-0.4, -0.2) is 61.5 Å². The SMILES string of the molecule is COc1ccc(C(=O)N2CCN(C(=O)NC(=O)c3ccccc3)CC2c2ccccc2)cc1OC. The average Bonchev–Trinajstić information content (AvgIpc) is 2.92. The van der Waals surface area contributed by atoms with Crippen molar-refractivity contribution in [3.8, 4) is 11.5 Å². The fourth-order valence-corrected chi connectivity index (χ4v) is 4.14. The van der Waals surface area contributed by atoms with Crippen LogP contribution in [0.2, 0.25) is 0 Å². The molecule has 4 rings (SSSR count). The molecule has 1 fully saturated rings. The number of nitrogens with one attached hydrogen (secondary N) is 1. The minimum absolute atomic E-state index is 0.180. The maximum absolute atomic E-state index is 13.5. The van der Waals surface area contributed by atoms with Gasteiger partial charge in [0.2, 0.25) is 0 Å². The summed E-state index contributed by atoms with van der Waals surface area (Å²) in [5, 5.41) is 2.46. The van der Waals surface area contributed by atoms with Gasteiger partial charge in [-0.25, -0.2) is 4.79 Å². The summed E-state index contributed by atoms with van der Waals surface area (Å²) in [7, 11) is 3.06. The third-order valence-corrected chi connectivity index (χ3v) is 6.00. The molecule has 3 aromatic carbocycles. The fourth-order valence-electron chi connectivity index (χ4n) is 4.14. The monoisotopic (exact) mass is 473 g/mol. The van der Waals surface area contributed by atoms with Crippen molar-refractivity contribution in [2.75, 3.05) is 33.9 Å². The van der Waals surface area contributed by atoms with Crippen molar-refractivity contribution in [3.63, 3.8) is 0 Å². The van der Waals surface area contributed by atoms with Gasteiger partial charge in [0.15, 0.2) is 11.5 Å². The van der Waals surface area contributed by atoms with E-state index in [0.29, 0.717) is 29.2 Å². The number of hydrogen-bond donors (Lipinski definition) is 1. The van der Waals surface area contributed by atoms with E-state index in [-0.39, 0.29) is 25.0 Å². The second-order valence-electron chi connectivity index (χ2n) is 8.07. The second-order valence-corrected chi connectivity index (χ2v) is 8.07. The Morgan fingerprint density at radius 2 is 1.46 bits per heavy atom. The first-order valence-corrected chi connectivity index (χ1v) is 11.2. The normalized spacial score (nSPS) is 15.3. The first-order valence-electron chi connectivity index (χ1n) is 11.2. The number of imide groups is 1. The van der Waals surface area contributed by atoms with E-state index in [1.54, 1.807) is 58.3 Å². The van der Waals surface area contributed by atoms with E-state index < -0.39 is 11.9 Å². The summed E-state index contributed by atoms with van der Waals surface area (Å²) in [6.45, 7) is 0.840. The van der Waals surface area contributed by atoms with Crippen LogP contribution >= 0.6 is 0 Å². The molecule has 3 aromatic rings. The zero-order chi connectivity index (χ0) is 24.8. The van der Waals surface area contributed by atoms with E-state index in [4.69, 9.17) is 9.47 Å². The van der Waals surface area contributed by atoms with Gasteiger partial charge in [-0.05, 0) is 35.9 Å². The summed E-state index contributed by atoms with van der Waals surface area (Å²) >= 11 is 0. The largest absolute Gasteiger partial charge is 0.493 e. The van der Waals surface area contributed by atoms with Crippen molar-refractivity contribution in [1.82, 2.24) is 15.1 Å². The first kappa shape index (κ1) is 23.8. The van der Waals surface area contributed by atoms with Crippen molar-refractivity contribution in [2.45, 2.75) is 6.04 Å². The predicted octanol–water partition coefficient (Wildman–Crippen LogP) is 3.75. The summed E-state index contributed by atoms with van der Waals surface area (Å²) in [5.74, 6) is 0.358. The number of rotatable bonds is 5. The van der Waals surface area contributed by atoms with Gasteiger partial charge in [0.05, 0.1) is 20.3 Å². The van der Waals surface area contributed by atoms with E-state index in [0.717, 1.165) is 5.56 Å². The van der Waals surface area contributed by atoms with Crippen LogP contribution in [-0.2, 0) is 0 Å². The minimum Gasteiger partial charge on any atom is -0.493 e. The first-order chi connectivity index (χ1) is 17.0. The number of piperazine rings is 1. The van der Waals surface area contributed by atoms with E-state index in [1.165, 1.54) is 14.2 Å². The highest BCUT2D eigenvalue weighted by atomic mass is 16.5. The van der Waals surface area contributed by atoms with E-state index >= 15 is 0 Å². The van der Waals surface area contributed by atoms with Crippen LogP contribution in [0.15, 0.2) is 78.9 Å². The summed E-state index contributed by atoms with van der Waals surface area (Å²) < 4.78 is 10.6. The molecule has 1 aliphatic rings. The van der Waals surface area contributed by atoms with Crippen molar-refractivity contribution < 1.29 is 23.9 Å². The van der Waals surface area contributed by atoms with Gasteiger partial charge in [-0.3, -0.25) is 14.9 Å². The lowest BCUT2D eigenvalue weighted by molar-refractivity contribution is 0.0501. The van der Waals surface area contributed by atoms with Gasteiger partial charge in [-0.2, -0.15) is 0 Å². The van der Waals surface area contributed by atoms with Gasteiger partial charge in [0.1, 0.15) is 0 Å². The zero-order valence-corrected chi connectivity index (χ0v) is 19.6. The maximum atomic E-state index is 13.5. The minimum atomic E-state index is -0.488. The quantitative estimate of drug-likeness (QED) is 0.610. The summed E-state index contributed by atoms with van der Waals surface area (Å²) in [5.41, 5.74) is 1.76. The summed E-state index contributed by atoms with van der Waals surface area (Å²) in [6, 6.07) is 22.3. The molecule has 180 valence electrons. The number of hydrogen-bond acceptors (Lipinski definition) is 5. The Morgan fingerprint density at radius 1 is 0.800 bits per heavy atom. The van der Waals surface area contributed by atoms with Gasteiger partial charge < -0.3 is 19.3 Å². The van der Waals surface area contributed by atoms with Crippen molar-refractivity contribution in [2.24, 2.45) is 0 Å². The molecule has 0 aliphatic carbocycles. The third kappa shape index (κ3) is 5.27. The van der Waals surface area contributed by atoms with Gasteiger partial charge in [-0.1, -0.05) is 48.5 Å². The molecule has 4 amide bonds. The average molecular weight is 474 g/mol. The Kier molecular flexibility index (Phi) is 7.30. The Hall–Kier alpha value is -4.33. The molecule has 1 atom stereocenters. The number of methoxy groups -OCH3 is 2. The Balaban J connectivity index is 1.55. The number of carbonyl (C=O) groups is 3. The highest BCUT2D eigenvalue weighted by Crippen LogP contribution is 2.31. The Labute approximate surface area is 204 Å². The number of carbonyl (C=O) groups excluding carboxylic acids is 3. The molecule has 0 aromatic heterocycles. The maximum Gasteiger partial charge on any atom is 0.324 e. The van der Waals surface area contributed by atoms with Crippen LogP contribution in [0.4, 0.5) is 4.79 Å². The topological polar surface area (TPSA) is 88.2 Å². The van der Waals surface area contributed by atoms with Crippen molar-refractivity contribution in [1.29, 1.82) is 0 Å². The van der Waals surface area contributed by atoms with Gasteiger partial charge >= 0.3 is 6.03 Å². The zero-order valence-electron chi connectivity index (χ0n) is 19.6. The predicted molar refractivity (Wildman–Crippen MR) is 131 cm³/mol. The van der Waals surface area contributed by atoms with Crippen LogP contribution in [0.5, 0.6) is 11.5 Å². The lowest BCUT2D eigenvalue weighted by Crippen LogP contribution is -2.55. The lowest BCUT2D eigenvalue weighted by Gasteiger charge is -2.41. The summed E-state index contributed by atoms with van der Waals surface area (Å²) in [6.07, 6.45) is 0. The molecule has 35 heavy (non-hydrogen) atoms. The molecule has 1 unspecified atom stereocenters. The Bertz CT molecular complexity index is 1200. The molecule has 1 N–H and O–H groups in total. The fraction of sp³-hybridized carbons (Fsp3) is 0.222. The molecule has 0 saturated carbocycles. The van der Waals surface area contributed by atoms with E-state index in [9.17, 15) is 14.4 Å². The van der Waals surface area contributed by atoms with E-state index in [2.05, 4.69) is 5.32 Å². The highest BCUT2D eigenvalue weighted by Gasteiger charge is 2.34. The highest BCUT2D eigenvalue weighted by molar-refractivity contribution is 6.04. The van der Waals surface area contributed by atoms with Crippen LogP contribution in [0.3, 0.4) is 0 Å². The molecule has 0 bridgehead atoms. The smallest absolute Gasteiger partial charge is 0.324 e. The molecule has 1 heterocycles. The molecule has 0 spiro atoms. The van der Waals surface area contributed by atoms with Gasteiger partial charge in [-0.15, -0.1) is 0 Å². The number of urea groups is 1. The number of ether oxygens (including phenoxy) is 2. The van der Waals surface area contributed by atoms with Gasteiger partial charge in [0, 0.05) is 30.8 Å². The molecule has 0 radical (unpaired) electrons. The van der Waals surface area contributed by atoms with Crippen LogP contribution in [0, 0.1) is 0 Å². The molecule has 8 heteroatoms. The molecule has 1 saturated heterocycles. The second kappa shape index (κ2) is 10.7. The number of benzene rings is 3. The summed E-state index contributed by atoms with van der Waals surface area (Å²) in [4.78, 5) is 42.3. The van der Waals surface area contributed by atoms with E-state index in [1.807, 2.05) is 30.3 Å². The van der Waals surface area contributed by atoms with Crippen LogP contribution in [0.25, 0.3) is 0 Å². The molecular formula is C27H27N3O5. The number of nitrogens with zero attached hydrogens (tertiary/aromatic N) is 2. The van der Waals surface area contributed by atoms with Crippen LogP contribution in [0.1, 0.15) is 32.3 Å². The van der Waals surface area contributed by atoms with Crippen LogP contribution < -0.4 is 14.8 Å². The molecular weight excluding hydrogens is 446 g/mol. The van der Waals surface area contributed by atoms with Crippen molar-refractivity contribution in [3.05, 3.63) is 95.6 Å². The van der Waals surface area contributed by atoms with Gasteiger partial charge in [0.25, 0.3) is 11.8 Å². The third-order valence-electron chi connectivity index (χ3n) is 6.00. The molecule has 8 nitrogen and oxygen atoms in total. The van der Waals surface area contributed by atoms with Crippen molar-refractivity contribution >= 4 is 17.8 Å².